The minimum Gasteiger partial charge on any atom is -0.497 e. The van der Waals surface area contributed by atoms with Crippen molar-refractivity contribution >= 4 is 23.1 Å². The first-order chi connectivity index (χ1) is 12.1. The van der Waals surface area contributed by atoms with Crippen LogP contribution in [0.1, 0.15) is 26.6 Å². The van der Waals surface area contributed by atoms with Crippen LogP contribution < -0.4 is 10.1 Å². The number of nitrogens with one attached hydrogen (secondary N) is 1. The number of oxazole rings is 1. The van der Waals surface area contributed by atoms with E-state index in [2.05, 4.69) is 20.0 Å². The molecule has 0 fully saturated rings. The Balaban J connectivity index is 1.77. The van der Waals surface area contributed by atoms with Crippen LogP contribution in [0.3, 0.4) is 0 Å². The van der Waals surface area contributed by atoms with E-state index >= 15 is 0 Å². The molecule has 1 N–H and O–H groups in total. The van der Waals surface area contributed by atoms with E-state index in [1.807, 2.05) is 0 Å². The predicted molar refractivity (Wildman–Crippen MR) is 87.3 cm³/mol. The summed E-state index contributed by atoms with van der Waals surface area (Å²) in [7, 11) is 2.71. The molecule has 2 aromatic heterocycles. The maximum absolute atomic E-state index is 12.4. The third-order valence-electron chi connectivity index (χ3n) is 3.43. The van der Waals surface area contributed by atoms with Crippen molar-refractivity contribution in [3.8, 4) is 5.75 Å². The fraction of sp³-hybridized carbons (Fsp3) is 0.176. The Kier molecular flexibility index (Phi) is 4.60. The van der Waals surface area contributed by atoms with Gasteiger partial charge in [0, 0.05) is 11.8 Å². The molecule has 0 atom stereocenters. The monoisotopic (exact) mass is 341 g/mol. The van der Waals surface area contributed by atoms with Crippen molar-refractivity contribution in [2.75, 3.05) is 14.2 Å². The molecule has 0 aliphatic heterocycles. The number of ether oxygens (including phenoxy) is 2. The lowest BCUT2D eigenvalue weighted by Crippen LogP contribution is -2.23. The molecule has 0 aliphatic rings. The Bertz CT molecular complexity index is 902. The van der Waals surface area contributed by atoms with Gasteiger partial charge in [0.1, 0.15) is 5.75 Å². The molecule has 0 unspecified atom stereocenters. The minimum absolute atomic E-state index is 0.0833. The molecule has 1 amide bonds. The molecular formula is C17H15N3O5. The van der Waals surface area contributed by atoms with Crippen LogP contribution in [0.4, 0.5) is 0 Å². The summed E-state index contributed by atoms with van der Waals surface area (Å²) in [4.78, 5) is 32.3. The molecule has 8 heteroatoms. The lowest BCUT2D eigenvalue weighted by atomic mass is 10.1. The number of esters is 1. The number of hydrogen-bond donors (Lipinski definition) is 1. The lowest BCUT2D eigenvalue weighted by Gasteiger charge is -2.08. The molecule has 128 valence electrons. The normalized spacial score (nSPS) is 10.5. The largest absolute Gasteiger partial charge is 0.497 e. The zero-order valence-electron chi connectivity index (χ0n) is 13.6. The molecule has 0 bridgehead atoms. The molecule has 3 rings (SSSR count). The highest BCUT2D eigenvalue weighted by molar-refractivity contribution is 5.98. The fourth-order valence-electron chi connectivity index (χ4n) is 2.23. The number of aromatic nitrogens is 2. The van der Waals surface area contributed by atoms with Gasteiger partial charge in [0.25, 0.3) is 5.91 Å². The van der Waals surface area contributed by atoms with Crippen molar-refractivity contribution in [1.29, 1.82) is 0 Å². The van der Waals surface area contributed by atoms with Gasteiger partial charge < -0.3 is 19.2 Å². The van der Waals surface area contributed by atoms with Crippen LogP contribution in [0, 0.1) is 0 Å². The summed E-state index contributed by atoms with van der Waals surface area (Å²) in [5.74, 6) is -0.255. The Hall–Kier alpha value is -3.42. The van der Waals surface area contributed by atoms with Crippen LogP contribution in [-0.2, 0) is 11.3 Å². The van der Waals surface area contributed by atoms with Crippen LogP contribution in [0.15, 0.2) is 40.9 Å². The van der Waals surface area contributed by atoms with E-state index in [1.54, 1.807) is 18.3 Å². The molecule has 0 saturated carbocycles. The van der Waals surface area contributed by atoms with E-state index in [0.29, 0.717) is 22.9 Å². The van der Waals surface area contributed by atoms with Gasteiger partial charge in [-0.3, -0.25) is 4.79 Å². The van der Waals surface area contributed by atoms with E-state index in [-0.39, 0.29) is 17.7 Å². The molecule has 25 heavy (non-hydrogen) atoms. The summed E-state index contributed by atoms with van der Waals surface area (Å²) in [6.45, 7) is 0.0833. The van der Waals surface area contributed by atoms with Gasteiger partial charge in [0.15, 0.2) is 11.2 Å². The van der Waals surface area contributed by atoms with E-state index < -0.39 is 11.9 Å². The summed E-state index contributed by atoms with van der Waals surface area (Å²) in [5.41, 5.74) is 1.49. The summed E-state index contributed by atoms with van der Waals surface area (Å²) >= 11 is 0. The highest BCUT2D eigenvalue weighted by Crippen LogP contribution is 2.18. The zero-order valence-corrected chi connectivity index (χ0v) is 13.6. The number of benzene rings is 1. The van der Waals surface area contributed by atoms with Crippen LogP contribution >= 0.6 is 0 Å². The molecule has 0 saturated heterocycles. The first-order valence-corrected chi connectivity index (χ1v) is 7.36. The van der Waals surface area contributed by atoms with Crippen LogP contribution in [-0.4, -0.2) is 36.1 Å². The minimum atomic E-state index is -0.557. The zero-order chi connectivity index (χ0) is 17.8. The standard InChI is InChI=1S/C17H15N3O5/c1-23-12-7-10(6-11(8-12)17(22)24-2)16(21)19-9-14-20-15-13(25-14)4-3-5-18-15/h3-8H,9H2,1-2H3,(H,19,21). The molecule has 1 aromatic carbocycles. The second-order valence-electron chi connectivity index (χ2n) is 5.06. The summed E-state index contributed by atoms with van der Waals surface area (Å²) in [6, 6.07) is 7.92. The quantitative estimate of drug-likeness (QED) is 0.707. The molecule has 0 spiro atoms. The van der Waals surface area contributed by atoms with Gasteiger partial charge in [-0.2, -0.15) is 4.98 Å². The van der Waals surface area contributed by atoms with Crippen molar-refractivity contribution in [2.24, 2.45) is 0 Å². The van der Waals surface area contributed by atoms with Crippen molar-refractivity contribution < 1.29 is 23.5 Å². The summed E-state index contributed by atoms with van der Waals surface area (Å²) in [5, 5.41) is 2.68. The van der Waals surface area contributed by atoms with Gasteiger partial charge >= 0.3 is 5.97 Å². The van der Waals surface area contributed by atoms with Crippen LogP contribution in [0.5, 0.6) is 5.75 Å². The number of methoxy groups -OCH3 is 2. The van der Waals surface area contributed by atoms with Gasteiger partial charge in [0.05, 0.1) is 26.3 Å². The predicted octanol–water partition coefficient (Wildman–Crippen LogP) is 1.95. The van der Waals surface area contributed by atoms with Crippen molar-refractivity contribution in [2.45, 2.75) is 6.54 Å². The van der Waals surface area contributed by atoms with Crippen molar-refractivity contribution in [3.05, 3.63) is 53.5 Å². The van der Waals surface area contributed by atoms with E-state index in [0.717, 1.165) is 0 Å². The number of carbonyl (C=O) groups is 2. The Morgan fingerprint density at radius 3 is 2.72 bits per heavy atom. The Morgan fingerprint density at radius 1 is 1.20 bits per heavy atom. The van der Waals surface area contributed by atoms with E-state index in [1.165, 1.54) is 32.4 Å². The van der Waals surface area contributed by atoms with Gasteiger partial charge in [-0.1, -0.05) is 0 Å². The second kappa shape index (κ2) is 7.00. The molecule has 0 aliphatic carbocycles. The average Bonchev–Trinajstić information content (AvgIpc) is 3.07. The second-order valence-corrected chi connectivity index (χ2v) is 5.06. The maximum atomic E-state index is 12.4. The van der Waals surface area contributed by atoms with E-state index in [4.69, 9.17) is 9.15 Å². The first-order valence-electron chi connectivity index (χ1n) is 7.36. The Labute approximate surface area is 142 Å². The summed E-state index contributed by atoms with van der Waals surface area (Å²) < 4.78 is 15.3. The number of carbonyl (C=O) groups excluding carboxylic acids is 2. The summed E-state index contributed by atoms with van der Waals surface area (Å²) in [6.07, 6.45) is 1.61. The molecule has 3 aromatic rings. The number of fused-ring (bicyclic) bond motifs is 1. The molecule has 8 nitrogen and oxygen atoms in total. The third-order valence-corrected chi connectivity index (χ3v) is 3.43. The number of rotatable bonds is 5. The van der Waals surface area contributed by atoms with Crippen molar-refractivity contribution in [3.63, 3.8) is 0 Å². The fourth-order valence-corrected chi connectivity index (χ4v) is 2.23. The number of pyridine rings is 1. The average molecular weight is 341 g/mol. The molecule has 2 heterocycles. The Morgan fingerprint density at radius 2 is 2.00 bits per heavy atom. The number of nitrogens with zero attached hydrogens (tertiary/aromatic N) is 2. The third kappa shape index (κ3) is 3.57. The van der Waals surface area contributed by atoms with Crippen LogP contribution in [0.2, 0.25) is 0 Å². The maximum Gasteiger partial charge on any atom is 0.338 e. The van der Waals surface area contributed by atoms with Gasteiger partial charge in [-0.05, 0) is 30.3 Å². The molecular weight excluding hydrogens is 326 g/mol. The SMILES string of the molecule is COC(=O)c1cc(OC)cc(C(=O)NCc2nc3ncccc3o2)c1. The first kappa shape index (κ1) is 16.4. The van der Waals surface area contributed by atoms with Gasteiger partial charge in [-0.25, -0.2) is 9.78 Å². The van der Waals surface area contributed by atoms with Gasteiger partial charge in [0.2, 0.25) is 5.89 Å². The topological polar surface area (TPSA) is 104 Å². The van der Waals surface area contributed by atoms with Crippen molar-refractivity contribution in [1.82, 2.24) is 15.3 Å². The number of amides is 1. The number of hydrogen-bond acceptors (Lipinski definition) is 7. The molecule has 0 radical (unpaired) electrons. The van der Waals surface area contributed by atoms with Crippen LogP contribution in [0.25, 0.3) is 11.2 Å². The van der Waals surface area contributed by atoms with Gasteiger partial charge in [-0.15, -0.1) is 0 Å². The van der Waals surface area contributed by atoms with E-state index in [9.17, 15) is 9.59 Å². The highest BCUT2D eigenvalue weighted by Gasteiger charge is 2.15. The smallest absolute Gasteiger partial charge is 0.338 e. The lowest BCUT2D eigenvalue weighted by molar-refractivity contribution is 0.0600. The highest BCUT2D eigenvalue weighted by atomic mass is 16.5.